The molecule has 4 nitrogen and oxygen atoms in total. The molecule has 0 saturated carbocycles. The molecule has 4 heteroatoms. The average Bonchev–Trinajstić information content (AvgIpc) is 2.49. The Morgan fingerprint density at radius 3 is 2.75 bits per heavy atom. The molecule has 0 aliphatic carbocycles. The lowest BCUT2D eigenvalue weighted by Gasteiger charge is -2.18. The van der Waals surface area contributed by atoms with Crippen molar-refractivity contribution in [2.75, 3.05) is 17.2 Å². The first-order valence-electron chi connectivity index (χ1n) is 6.69. The number of aryl methyl sites for hydroxylation is 1. The Hall–Kier alpha value is -2.49. The lowest BCUT2D eigenvalue weighted by atomic mass is 10.0. The van der Waals surface area contributed by atoms with Gasteiger partial charge in [0.1, 0.15) is 5.75 Å². The van der Waals surface area contributed by atoms with Crippen LogP contribution in [0.3, 0.4) is 0 Å². The molecular formula is C16H16N2O2. The Labute approximate surface area is 117 Å². The molecule has 0 radical (unpaired) electrons. The summed E-state index contributed by atoms with van der Waals surface area (Å²) in [6.07, 6.45) is 2.10. The standard InChI is InChI=1S/C16H16N2O2/c19-14-6-4-13(5-7-14)18-16(20)12-3-8-15-11(10-12)2-1-9-17-15/h3-8,10,17,19H,1-2,9H2,(H,18,20). The van der Waals surface area contributed by atoms with Crippen molar-refractivity contribution in [3.63, 3.8) is 0 Å². The Bertz CT molecular complexity index is 635. The molecular weight excluding hydrogens is 252 g/mol. The highest BCUT2D eigenvalue weighted by Crippen LogP contribution is 2.23. The Morgan fingerprint density at radius 1 is 1.15 bits per heavy atom. The molecule has 1 heterocycles. The summed E-state index contributed by atoms with van der Waals surface area (Å²) in [6, 6.07) is 12.2. The molecule has 3 rings (SSSR count). The summed E-state index contributed by atoms with van der Waals surface area (Å²) in [5.74, 6) is 0.0481. The molecule has 0 unspecified atom stereocenters. The summed E-state index contributed by atoms with van der Waals surface area (Å²) in [6.45, 7) is 0.992. The number of benzene rings is 2. The minimum atomic E-state index is -0.135. The van der Waals surface area contributed by atoms with E-state index in [-0.39, 0.29) is 11.7 Å². The van der Waals surface area contributed by atoms with E-state index in [0.717, 1.165) is 25.1 Å². The zero-order chi connectivity index (χ0) is 13.9. The van der Waals surface area contributed by atoms with E-state index in [1.807, 2.05) is 18.2 Å². The van der Waals surface area contributed by atoms with Crippen LogP contribution in [-0.4, -0.2) is 17.6 Å². The molecule has 1 aliphatic rings. The summed E-state index contributed by atoms with van der Waals surface area (Å²) in [7, 11) is 0. The second-order valence-electron chi connectivity index (χ2n) is 4.90. The van der Waals surface area contributed by atoms with Crippen LogP contribution in [0.15, 0.2) is 42.5 Å². The number of hydrogen-bond acceptors (Lipinski definition) is 3. The smallest absolute Gasteiger partial charge is 0.255 e. The molecule has 2 aromatic rings. The molecule has 0 bridgehead atoms. The van der Waals surface area contributed by atoms with Gasteiger partial charge < -0.3 is 15.7 Å². The van der Waals surface area contributed by atoms with E-state index in [1.165, 1.54) is 5.56 Å². The predicted molar refractivity (Wildman–Crippen MR) is 79.3 cm³/mol. The molecule has 20 heavy (non-hydrogen) atoms. The topological polar surface area (TPSA) is 61.4 Å². The Kier molecular flexibility index (Phi) is 3.29. The Balaban J connectivity index is 1.78. The molecule has 0 fully saturated rings. The maximum absolute atomic E-state index is 12.2. The van der Waals surface area contributed by atoms with Gasteiger partial charge in [-0.2, -0.15) is 0 Å². The van der Waals surface area contributed by atoms with E-state index in [4.69, 9.17) is 0 Å². The zero-order valence-corrected chi connectivity index (χ0v) is 11.0. The van der Waals surface area contributed by atoms with Crippen molar-refractivity contribution >= 4 is 17.3 Å². The van der Waals surface area contributed by atoms with Gasteiger partial charge in [-0.25, -0.2) is 0 Å². The van der Waals surface area contributed by atoms with E-state index >= 15 is 0 Å². The maximum Gasteiger partial charge on any atom is 0.255 e. The largest absolute Gasteiger partial charge is 0.508 e. The van der Waals surface area contributed by atoms with Crippen LogP contribution in [0, 0.1) is 0 Å². The molecule has 102 valence electrons. The molecule has 0 saturated heterocycles. The van der Waals surface area contributed by atoms with Crippen LogP contribution in [0.25, 0.3) is 0 Å². The van der Waals surface area contributed by atoms with Gasteiger partial charge in [-0.05, 0) is 60.9 Å². The van der Waals surface area contributed by atoms with Gasteiger partial charge in [0, 0.05) is 23.5 Å². The van der Waals surface area contributed by atoms with Crippen molar-refractivity contribution in [2.45, 2.75) is 12.8 Å². The fraction of sp³-hybridized carbons (Fsp3) is 0.188. The minimum absolute atomic E-state index is 0.135. The summed E-state index contributed by atoms with van der Waals surface area (Å²) in [4.78, 5) is 12.2. The molecule has 3 N–H and O–H groups in total. The number of amides is 1. The lowest BCUT2D eigenvalue weighted by Crippen LogP contribution is -2.15. The van der Waals surface area contributed by atoms with Gasteiger partial charge in [0.2, 0.25) is 0 Å². The molecule has 0 atom stereocenters. The van der Waals surface area contributed by atoms with Crippen molar-refractivity contribution in [3.05, 3.63) is 53.6 Å². The highest BCUT2D eigenvalue weighted by Gasteiger charge is 2.12. The van der Waals surface area contributed by atoms with Gasteiger partial charge >= 0.3 is 0 Å². The molecule has 2 aromatic carbocycles. The number of carbonyl (C=O) groups is 1. The van der Waals surface area contributed by atoms with Gasteiger partial charge in [-0.15, -0.1) is 0 Å². The van der Waals surface area contributed by atoms with E-state index in [0.29, 0.717) is 11.3 Å². The number of hydrogen-bond donors (Lipinski definition) is 3. The highest BCUT2D eigenvalue weighted by molar-refractivity contribution is 6.04. The first kappa shape index (κ1) is 12.5. The fourth-order valence-corrected chi connectivity index (χ4v) is 2.36. The number of anilines is 2. The van der Waals surface area contributed by atoms with Crippen LogP contribution >= 0.6 is 0 Å². The van der Waals surface area contributed by atoms with Gasteiger partial charge in [0.25, 0.3) is 5.91 Å². The minimum Gasteiger partial charge on any atom is -0.508 e. The number of nitrogens with one attached hydrogen (secondary N) is 2. The molecule has 1 aliphatic heterocycles. The van der Waals surface area contributed by atoms with Crippen molar-refractivity contribution in [3.8, 4) is 5.75 Å². The van der Waals surface area contributed by atoms with Gasteiger partial charge in [0.15, 0.2) is 0 Å². The Morgan fingerprint density at radius 2 is 1.95 bits per heavy atom. The fourth-order valence-electron chi connectivity index (χ4n) is 2.36. The summed E-state index contributed by atoms with van der Waals surface area (Å²) in [5.41, 5.74) is 3.64. The van der Waals surface area contributed by atoms with Crippen LogP contribution in [0.5, 0.6) is 5.75 Å². The SMILES string of the molecule is O=C(Nc1ccc(O)cc1)c1ccc2c(c1)CCCN2. The van der Waals surface area contributed by atoms with Crippen molar-refractivity contribution in [2.24, 2.45) is 0 Å². The number of carbonyl (C=O) groups excluding carboxylic acids is 1. The van der Waals surface area contributed by atoms with Crippen LogP contribution in [0.2, 0.25) is 0 Å². The monoisotopic (exact) mass is 268 g/mol. The van der Waals surface area contributed by atoms with Crippen LogP contribution < -0.4 is 10.6 Å². The zero-order valence-electron chi connectivity index (χ0n) is 11.0. The number of aromatic hydroxyl groups is 1. The van der Waals surface area contributed by atoms with Crippen molar-refractivity contribution in [1.29, 1.82) is 0 Å². The predicted octanol–water partition coefficient (Wildman–Crippen LogP) is 3.00. The summed E-state index contributed by atoms with van der Waals surface area (Å²) >= 11 is 0. The summed E-state index contributed by atoms with van der Waals surface area (Å²) < 4.78 is 0. The first-order valence-corrected chi connectivity index (χ1v) is 6.69. The lowest BCUT2D eigenvalue weighted by molar-refractivity contribution is 0.102. The highest BCUT2D eigenvalue weighted by atomic mass is 16.3. The van der Waals surface area contributed by atoms with Gasteiger partial charge in [-0.1, -0.05) is 0 Å². The number of fused-ring (bicyclic) bond motifs is 1. The molecule has 0 spiro atoms. The third kappa shape index (κ3) is 2.59. The quantitative estimate of drug-likeness (QED) is 0.734. The van der Waals surface area contributed by atoms with Crippen LogP contribution in [-0.2, 0) is 6.42 Å². The van der Waals surface area contributed by atoms with Crippen molar-refractivity contribution < 1.29 is 9.90 Å². The average molecular weight is 268 g/mol. The van der Waals surface area contributed by atoms with Gasteiger partial charge in [-0.3, -0.25) is 4.79 Å². The second kappa shape index (κ2) is 5.25. The second-order valence-corrected chi connectivity index (χ2v) is 4.90. The number of phenols is 1. The summed E-state index contributed by atoms with van der Waals surface area (Å²) in [5, 5.41) is 15.4. The maximum atomic E-state index is 12.2. The van der Waals surface area contributed by atoms with E-state index < -0.39 is 0 Å². The van der Waals surface area contributed by atoms with E-state index in [2.05, 4.69) is 10.6 Å². The number of rotatable bonds is 2. The third-order valence-electron chi connectivity index (χ3n) is 3.43. The van der Waals surface area contributed by atoms with E-state index in [9.17, 15) is 9.90 Å². The molecule has 0 aromatic heterocycles. The van der Waals surface area contributed by atoms with Crippen LogP contribution in [0.1, 0.15) is 22.3 Å². The van der Waals surface area contributed by atoms with E-state index in [1.54, 1.807) is 24.3 Å². The third-order valence-corrected chi connectivity index (χ3v) is 3.43. The van der Waals surface area contributed by atoms with Crippen molar-refractivity contribution in [1.82, 2.24) is 0 Å². The van der Waals surface area contributed by atoms with Crippen LogP contribution in [0.4, 0.5) is 11.4 Å². The first-order chi connectivity index (χ1) is 9.72. The number of phenolic OH excluding ortho intramolecular Hbond substituents is 1. The van der Waals surface area contributed by atoms with Gasteiger partial charge in [0.05, 0.1) is 0 Å². The molecule has 1 amide bonds. The normalized spacial score (nSPS) is 13.2.